The maximum absolute atomic E-state index is 12.7. The van der Waals surface area contributed by atoms with Crippen molar-refractivity contribution in [2.24, 2.45) is 5.92 Å². The summed E-state index contributed by atoms with van der Waals surface area (Å²) in [5.74, 6) is 0.552. The lowest BCUT2D eigenvalue weighted by molar-refractivity contribution is -0.120. The normalized spacial score (nSPS) is 16.6. The predicted molar refractivity (Wildman–Crippen MR) is 91.5 cm³/mol. The number of imidazole rings is 1. The van der Waals surface area contributed by atoms with Crippen molar-refractivity contribution in [2.45, 2.75) is 26.2 Å². The Morgan fingerprint density at radius 3 is 2.96 bits per heavy atom. The Balaban J connectivity index is 1.55. The van der Waals surface area contributed by atoms with E-state index < -0.39 is 0 Å². The highest BCUT2D eigenvalue weighted by Gasteiger charge is 2.27. The number of benzene rings is 1. The third-order valence-electron chi connectivity index (χ3n) is 4.61. The number of nitrogens with one attached hydrogen (secondary N) is 3. The third kappa shape index (κ3) is 2.60. The van der Waals surface area contributed by atoms with E-state index in [1.807, 2.05) is 37.3 Å². The summed E-state index contributed by atoms with van der Waals surface area (Å²) >= 11 is 0. The molecule has 0 fully saturated rings. The Hall–Kier alpha value is -2.89. The SMILES string of the molecule is Cc1[nH]nc(NC(=O)C2CCc3nc[nH]c3C2)c1-c1ccccc1. The molecular weight excluding hydrogens is 302 g/mol. The second-order valence-corrected chi connectivity index (χ2v) is 6.19. The molecule has 0 aliphatic heterocycles. The van der Waals surface area contributed by atoms with Crippen LogP contribution in [0.1, 0.15) is 23.5 Å². The van der Waals surface area contributed by atoms with Gasteiger partial charge in [-0.15, -0.1) is 0 Å². The van der Waals surface area contributed by atoms with Crippen LogP contribution in [0.2, 0.25) is 0 Å². The number of aryl methyl sites for hydroxylation is 2. The van der Waals surface area contributed by atoms with E-state index in [0.717, 1.165) is 41.1 Å². The summed E-state index contributed by atoms with van der Waals surface area (Å²) in [6.07, 6.45) is 4.05. The van der Waals surface area contributed by atoms with Crippen LogP contribution in [-0.2, 0) is 17.6 Å². The van der Waals surface area contributed by atoms with E-state index >= 15 is 0 Å². The summed E-state index contributed by atoms with van der Waals surface area (Å²) in [7, 11) is 0. The second kappa shape index (κ2) is 5.96. The lowest BCUT2D eigenvalue weighted by atomic mass is 9.89. The molecule has 1 aliphatic rings. The molecule has 122 valence electrons. The van der Waals surface area contributed by atoms with E-state index in [0.29, 0.717) is 12.2 Å². The minimum atomic E-state index is -0.0569. The first-order chi connectivity index (χ1) is 11.7. The molecule has 1 aliphatic carbocycles. The average Bonchev–Trinajstić information content (AvgIpc) is 3.21. The minimum absolute atomic E-state index is 0.0129. The molecule has 3 N–H and O–H groups in total. The number of rotatable bonds is 3. The lowest BCUT2D eigenvalue weighted by Crippen LogP contribution is -2.28. The molecule has 1 atom stereocenters. The molecule has 2 aromatic heterocycles. The van der Waals surface area contributed by atoms with E-state index in [9.17, 15) is 4.79 Å². The van der Waals surface area contributed by atoms with Gasteiger partial charge in [0.1, 0.15) is 0 Å². The van der Waals surface area contributed by atoms with Gasteiger partial charge < -0.3 is 10.3 Å². The van der Waals surface area contributed by atoms with Gasteiger partial charge in [-0.2, -0.15) is 5.10 Å². The highest BCUT2D eigenvalue weighted by molar-refractivity contribution is 5.96. The summed E-state index contributed by atoms with van der Waals surface area (Å²) in [4.78, 5) is 20.1. The van der Waals surface area contributed by atoms with Crippen molar-refractivity contribution in [1.82, 2.24) is 20.2 Å². The zero-order valence-corrected chi connectivity index (χ0v) is 13.5. The molecule has 24 heavy (non-hydrogen) atoms. The third-order valence-corrected chi connectivity index (χ3v) is 4.61. The van der Waals surface area contributed by atoms with E-state index in [4.69, 9.17) is 0 Å². The van der Waals surface area contributed by atoms with Gasteiger partial charge in [-0.25, -0.2) is 4.98 Å². The van der Waals surface area contributed by atoms with E-state index in [2.05, 4.69) is 25.5 Å². The summed E-state index contributed by atoms with van der Waals surface area (Å²) < 4.78 is 0. The molecule has 0 spiro atoms. The predicted octanol–water partition coefficient (Wildman–Crippen LogP) is 2.85. The van der Waals surface area contributed by atoms with Crippen molar-refractivity contribution in [2.75, 3.05) is 5.32 Å². The highest BCUT2D eigenvalue weighted by Crippen LogP contribution is 2.30. The van der Waals surface area contributed by atoms with Crippen molar-refractivity contribution in [1.29, 1.82) is 0 Å². The number of hydrogen-bond acceptors (Lipinski definition) is 3. The molecule has 1 amide bonds. The number of aromatic nitrogens is 4. The first kappa shape index (κ1) is 14.7. The maximum Gasteiger partial charge on any atom is 0.229 e. The molecular formula is C18H19N5O. The fourth-order valence-electron chi connectivity index (χ4n) is 3.32. The monoisotopic (exact) mass is 321 g/mol. The van der Waals surface area contributed by atoms with Crippen LogP contribution < -0.4 is 5.32 Å². The fourth-order valence-corrected chi connectivity index (χ4v) is 3.32. The van der Waals surface area contributed by atoms with Gasteiger partial charge in [0.2, 0.25) is 5.91 Å². The van der Waals surface area contributed by atoms with Crippen LogP contribution in [0.5, 0.6) is 0 Å². The molecule has 3 aromatic rings. The molecule has 2 heterocycles. The van der Waals surface area contributed by atoms with Gasteiger partial charge in [0.05, 0.1) is 12.0 Å². The summed E-state index contributed by atoms with van der Waals surface area (Å²) in [6, 6.07) is 9.97. The second-order valence-electron chi connectivity index (χ2n) is 6.19. The van der Waals surface area contributed by atoms with Crippen molar-refractivity contribution in [3.05, 3.63) is 53.7 Å². The highest BCUT2D eigenvalue weighted by atomic mass is 16.2. The Morgan fingerprint density at radius 1 is 1.29 bits per heavy atom. The van der Waals surface area contributed by atoms with Crippen molar-refractivity contribution < 1.29 is 4.79 Å². The van der Waals surface area contributed by atoms with Crippen LogP contribution in [0.3, 0.4) is 0 Å². The number of hydrogen-bond donors (Lipinski definition) is 3. The number of aromatic amines is 2. The van der Waals surface area contributed by atoms with Gasteiger partial charge in [-0.1, -0.05) is 30.3 Å². The van der Waals surface area contributed by atoms with Gasteiger partial charge >= 0.3 is 0 Å². The Morgan fingerprint density at radius 2 is 2.12 bits per heavy atom. The summed E-state index contributed by atoms with van der Waals surface area (Å²) in [5, 5.41) is 10.3. The van der Waals surface area contributed by atoms with E-state index in [1.165, 1.54) is 0 Å². The lowest BCUT2D eigenvalue weighted by Gasteiger charge is -2.20. The number of nitrogens with zero attached hydrogens (tertiary/aromatic N) is 2. The molecule has 0 radical (unpaired) electrons. The standard InChI is InChI=1S/C18H19N5O/c1-11-16(12-5-3-2-4-6-12)17(23-22-11)21-18(24)13-7-8-14-15(9-13)20-10-19-14/h2-6,10,13H,7-9H2,1H3,(H,19,20)(H2,21,22,23,24). The van der Waals surface area contributed by atoms with E-state index in [1.54, 1.807) is 6.33 Å². The summed E-state index contributed by atoms with van der Waals surface area (Å²) in [5.41, 5.74) is 5.08. The number of amides is 1. The molecule has 6 heteroatoms. The Kier molecular flexibility index (Phi) is 3.65. The molecule has 1 unspecified atom stereocenters. The van der Waals surface area contributed by atoms with Gasteiger partial charge in [0.25, 0.3) is 0 Å². The minimum Gasteiger partial charge on any atom is -0.348 e. The number of anilines is 1. The topological polar surface area (TPSA) is 86.5 Å². The van der Waals surface area contributed by atoms with Crippen molar-refractivity contribution in [3.63, 3.8) is 0 Å². The largest absolute Gasteiger partial charge is 0.348 e. The number of H-pyrrole nitrogens is 2. The Labute approximate surface area is 139 Å². The van der Waals surface area contributed by atoms with Gasteiger partial charge in [0, 0.05) is 29.3 Å². The Bertz CT molecular complexity index is 865. The smallest absolute Gasteiger partial charge is 0.229 e. The van der Waals surface area contributed by atoms with Crippen LogP contribution in [-0.4, -0.2) is 26.1 Å². The molecule has 4 rings (SSSR count). The van der Waals surface area contributed by atoms with Gasteiger partial charge in [0.15, 0.2) is 5.82 Å². The number of carbonyl (C=O) groups excluding carboxylic acids is 1. The molecule has 0 saturated carbocycles. The first-order valence-corrected chi connectivity index (χ1v) is 8.14. The van der Waals surface area contributed by atoms with Crippen LogP contribution in [0.25, 0.3) is 11.1 Å². The summed E-state index contributed by atoms with van der Waals surface area (Å²) in [6.45, 7) is 1.96. The van der Waals surface area contributed by atoms with Gasteiger partial charge in [-0.05, 0) is 25.3 Å². The number of carbonyl (C=O) groups is 1. The van der Waals surface area contributed by atoms with E-state index in [-0.39, 0.29) is 11.8 Å². The molecule has 0 saturated heterocycles. The average molecular weight is 321 g/mol. The van der Waals surface area contributed by atoms with Crippen LogP contribution in [0, 0.1) is 12.8 Å². The maximum atomic E-state index is 12.7. The van der Waals surface area contributed by atoms with Crippen molar-refractivity contribution in [3.8, 4) is 11.1 Å². The molecule has 0 bridgehead atoms. The van der Waals surface area contributed by atoms with Crippen molar-refractivity contribution >= 4 is 11.7 Å². The van der Waals surface area contributed by atoms with Crippen LogP contribution >= 0.6 is 0 Å². The quantitative estimate of drug-likeness (QED) is 0.693. The first-order valence-electron chi connectivity index (χ1n) is 8.14. The fraction of sp³-hybridized carbons (Fsp3) is 0.278. The molecule has 1 aromatic carbocycles. The molecule has 6 nitrogen and oxygen atoms in total. The van der Waals surface area contributed by atoms with Crippen LogP contribution in [0.15, 0.2) is 36.7 Å². The zero-order chi connectivity index (χ0) is 16.5. The van der Waals surface area contributed by atoms with Gasteiger partial charge in [-0.3, -0.25) is 9.89 Å². The van der Waals surface area contributed by atoms with Crippen LogP contribution in [0.4, 0.5) is 5.82 Å². The number of fused-ring (bicyclic) bond motifs is 1. The zero-order valence-electron chi connectivity index (χ0n) is 13.5.